The number of rotatable bonds is 3. The van der Waals surface area contributed by atoms with E-state index in [9.17, 15) is 4.79 Å². The van der Waals surface area contributed by atoms with Crippen molar-refractivity contribution in [3.8, 4) is 0 Å². The van der Waals surface area contributed by atoms with Crippen molar-refractivity contribution in [2.75, 3.05) is 6.61 Å². The second-order valence-electron chi connectivity index (χ2n) is 2.35. The Balaban J connectivity index is 2.50. The number of carbonyl (C=O) groups is 1. The first-order valence-corrected chi connectivity index (χ1v) is 4.26. The van der Waals surface area contributed by atoms with Crippen molar-refractivity contribution >= 4 is 17.4 Å². The van der Waals surface area contributed by atoms with Gasteiger partial charge in [0.15, 0.2) is 5.69 Å². The summed E-state index contributed by atoms with van der Waals surface area (Å²) in [5.74, 6) is -0.301. The predicted octanol–water partition coefficient (Wildman–Crippen LogP) is -0.351. The van der Waals surface area contributed by atoms with Gasteiger partial charge in [0, 0.05) is 11.4 Å². The van der Waals surface area contributed by atoms with E-state index < -0.39 is 0 Å². The van der Waals surface area contributed by atoms with Gasteiger partial charge in [0.2, 0.25) is 0 Å². The van der Waals surface area contributed by atoms with E-state index in [1.54, 1.807) is 12.3 Å². The lowest BCUT2D eigenvalue weighted by atomic mass is 10.3. The predicted molar refractivity (Wildman–Crippen MR) is 43.9 cm³/mol. The molecule has 1 aromatic rings. The molecule has 0 saturated heterocycles. The van der Waals surface area contributed by atoms with Crippen molar-refractivity contribution in [2.24, 2.45) is 0 Å². The van der Waals surface area contributed by atoms with Crippen LogP contribution in [0.1, 0.15) is 17.4 Å². The molecule has 0 spiro atoms. The number of aliphatic hydroxyl groups is 1. The van der Waals surface area contributed by atoms with Crippen molar-refractivity contribution in [3.63, 3.8) is 0 Å². The van der Waals surface area contributed by atoms with Crippen molar-refractivity contribution in [2.45, 2.75) is 13.0 Å². The molecule has 66 valence electrons. The summed E-state index contributed by atoms with van der Waals surface area (Å²) in [6.07, 6.45) is 0. The summed E-state index contributed by atoms with van der Waals surface area (Å²) in [5.41, 5.74) is 0.292. The van der Waals surface area contributed by atoms with Crippen LogP contribution in [0.5, 0.6) is 0 Å². The molecule has 0 fully saturated rings. The number of nitrogens with one attached hydrogen (secondary N) is 1. The number of hydrogen-bond donors (Lipinski definition) is 2. The van der Waals surface area contributed by atoms with Crippen LogP contribution < -0.4 is 5.32 Å². The van der Waals surface area contributed by atoms with Gasteiger partial charge in [-0.15, -0.1) is 5.10 Å². The third-order valence-corrected chi connectivity index (χ3v) is 1.75. The normalized spacial score (nSPS) is 12.5. The Morgan fingerprint density at radius 1 is 1.92 bits per heavy atom. The molecule has 0 bridgehead atoms. The van der Waals surface area contributed by atoms with Gasteiger partial charge >= 0.3 is 0 Å². The van der Waals surface area contributed by atoms with Crippen molar-refractivity contribution in [1.29, 1.82) is 0 Å². The van der Waals surface area contributed by atoms with Crippen LogP contribution in [0.2, 0.25) is 0 Å². The summed E-state index contributed by atoms with van der Waals surface area (Å²) in [7, 11) is 0. The Labute approximate surface area is 73.6 Å². The van der Waals surface area contributed by atoms with Gasteiger partial charge in [-0.25, -0.2) is 0 Å². The lowest BCUT2D eigenvalue weighted by Crippen LogP contribution is -2.35. The molecule has 1 rings (SSSR count). The van der Waals surface area contributed by atoms with Crippen molar-refractivity contribution in [3.05, 3.63) is 11.1 Å². The fourth-order valence-corrected chi connectivity index (χ4v) is 1.04. The second-order valence-corrected chi connectivity index (χ2v) is 2.96. The SMILES string of the molecule is CC(CO)NC(=O)c1csnn1. The van der Waals surface area contributed by atoms with Gasteiger partial charge in [-0.05, 0) is 18.5 Å². The Kier molecular flexibility index (Phi) is 3.12. The summed E-state index contributed by atoms with van der Waals surface area (Å²) in [4.78, 5) is 11.2. The number of aliphatic hydroxyl groups excluding tert-OH is 1. The average molecular weight is 187 g/mol. The lowest BCUT2D eigenvalue weighted by Gasteiger charge is -2.07. The van der Waals surface area contributed by atoms with Gasteiger partial charge in [0.25, 0.3) is 5.91 Å². The maximum Gasteiger partial charge on any atom is 0.273 e. The lowest BCUT2D eigenvalue weighted by molar-refractivity contribution is 0.0917. The standard InChI is InChI=1S/C6H9N3O2S/c1-4(2-10)7-6(11)5-3-12-9-8-5/h3-4,10H,2H2,1H3,(H,7,11). The summed E-state index contributed by atoms with van der Waals surface area (Å²) in [5, 5.41) is 16.3. The molecular weight excluding hydrogens is 178 g/mol. The van der Waals surface area contributed by atoms with Gasteiger partial charge in [0.05, 0.1) is 6.61 Å². The summed E-state index contributed by atoms with van der Waals surface area (Å²) in [6, 6.07) is -0.251. The highest BCUT2D eigenvalue weighted by molar-refractivity contribution is 7.03. The van der Waals surface area contributed by atoms with Gasteiger partial charge in [-0.1, -0.05) is 4.49 Å². The quantitative estimate of drug-likeness (QED) is 0.678. The summed E-state index contributed by atoms with van der Waals surface area (Å²) >= 11 is 1.12. The smallest absolute Gasteiger partial charge is 0.273 e. The first kappa shape index (κ1) is 9.08. The average Bonchev–Trinajstić information content (AvgIpc) is 2.56. The molecular formula is C6H9N3O2S. The maximum atomic E-state index is 11.2. The molecule has 0 aliphatic carbocycles. The molecule has 0 aliphatic heterocycles. The minimum absolute atomic E-state index is 0.0801. The first-order valence-electron chi connectivity index (χ1n) is 3.43. The zero-order chi connectivity index (χ0) is 8.97. The number of aromatic nitrogens is 2. The van der Waals surface area contributed by atoms with Crippen LogP contribution in [0.25, 0.3) is 0 Å². The molecule has 1 amide bonds. The first-order chi connectivity index (χ1) is 5.74. The number of amides is 1. The van der Waals surface area contributed by atoms with Gasteiger partial charge in [-0.3, -0.25) is 4.79 Å². The molecule has 1 unspecified atom stereocenters. The van der Waals surface area contributed by atoms with E-state index in [4.69, 9.17) is 5.11 Å². The third-order valence-electron chi connectivity index (χ3n) is 1.24. The molecule has 12 heavy (non-hydrogen) atoms. The molecule has 2 N–H and O–H groups in total. The Bertz CT molecular complexity index is 249. The summed E-state index contributed by atoms with van der Waals surface area (Å²) in [6.45, 7) is 1.63. The van der Waals surface area contributed by atoms with Crippen LogP contribution in [-0.2, 0) is 0 Å². The molecule has 0 saturated carbocycles. The molecule has 5 nitrogen and oxygen atoms in total. The molecule has 0 radical (unpaired) electrons. The van der Waals surface area contributed by atoms with Crippen LogP contribution in [0.15, 0.2) is 5.38 Å². The fourth-order valence-electron chi connectivity index (χ4n) is 0.607. The van der Waals surface area contributed by atoms with Gasteiger partial charge < -0.3 is 10.4 Å². The highest BCUT2D eigenvalue weighted by Crippen LogP contribution is 1.96. The Morgan fingerprint density at radius 3 is 3.17 bits per heavy atom. The van der Waals surface area contributed by atoms with Crippen molar-refractivity contribution < 1.29 is 9.90 Å². The largest absolute Gasteiger partial charge is 0.394 e. The summed E-state index contributed by atoms with van der Waals surface area (Å²) < 4.78 is 3.54. The van der Waals surface area contributed by atoms with E-state index in [0.717, 1.165) is 11.5 Å². The number of nitrogens with zero attached hydrogens (tertiary/aromatic N) is 2. The minimum atomic E-state index is -0.301. The molecule has 6 heteroatoms. The second kappa shape index (κ2) is 4.13. The zero-order valence-electron chi connectivity index (χ0n) is 6.52. The monoisotopic (exact) mass is 187 g/mol. The molecule has 0 aliphatic rings. The fraction of sp³-hybridized carbons (Fsp3) is 0.500. The van der Waals surface area contributed by atoms with E-state index in [1.807, 2.05) is 0 Å². The Hall–Kier alpha value is -1.01. The highest BCUT2D eigenvalue weighted by Gasteiger charge is 2.10. The molecule has 1 heterocycles. The molecule has 1 aromatic heterocycles. The van der Waals surface area contributed by atoms with Crippen LogP contribution in [0.3, 0.4) is 0 Å². The van der Waals surface area contributed by atoms with Crippen LogP contribution >= 0.6 is 11.5 Å². The van der Waals surface area contributed by atoms with Gasteiger partial charge in [0.1, 0.15) is 0 Å². The van der Waals surface area contributed by atoms with Crippen LogP contribution in [0, 0.1) is 0 Å². The third kappa shape index (κ3) is 2.24. The van der Waals surface area contributed by atoms with Gasteiger partial charge in [-0.2, -0.15) is 0 Å². The van der Waals surface area contributed by atoms with E-state index in [2.05, 4.69) is 14.9 Å². The number of carbonyl (C=O) groups excluding carboxylic acids is 1. The van der Waals surface area contributed by atoms with Crippen LogP contribution in [-0.4, -0.2) is 33.2 Å². The van der Waals surface area contributed by atoms with E-state index in [-0.39, 0.29) is 18.6 Å². The molecule has 0 aromatic carbocycles. The van der Waals surface area contributed by atoms with E-state index >= 15 is 0 Å². The maximum absolute atomic E-state index is 11.2. The van der Waals surface area contributed by atoms with Crippen molar-refractivity contribution in [1.82, 2.24) is 14.9 Å². The Morgan fingerprint density at radius 2 is 2.67 bits per heavy atom. The molecule has 1 atom stereocenters. The van der Waals surface area contributed by atoms with Crippen LogP contribution in [0.4, 0.5) is 0 Å². The topological polar surface area (TPSA) is 75.1 Å². The minimum Gasteiger partial charge on any atom is -0.394 e. The zero-order valence-corrected chi connectivity index (χ0v) is 7.34. The highest BCUT2D eigenvalue weighted by atomic mass is 32.1. The number of hydrogen-bond acceptors (Lipinski definition) is 5. The van der Waals surface area contributed by atoms with E-state index in [1.165, 1.54) is 0 Å². The van der Waals surface area contributed by atoms with E-state index in [0.29, 0.717) is 5.69 Å².